The number of amides is 1. The molecule has 0 heterocycles. The zero-order valence-corrected chi connectivity index (χ0v) is 19.2. The van der Waals surface area contributed by atoms with Crippen LogP contribution in [0.1, 0.15) is 30.1 Å². The van der Waals surface area contributed by atoms with Crippen LogP contribution < -0.4 is 10.1 Å². The maximum atomic E-state index is 14.5. The fourth-order valence-electron chi connectivity index (χ4n) is 2.53. The number of rotatable bonds is 8. The van der Waals surface area contributed by atoms with Crippen molar-refractivity contribution in [1.82, 2.24) is 0 Å². The van der Waals surface area contributed by atoms with Gasteiger partial charge >= 0.3 is 5.97 Å². The van der Waals surface area contributed by atoms with Gasteiger partial charge < -0.3 is 14.2 Å². The van der Waals surface area contributed by atoms with E-state index in [1.807, 2.05) is 6.92 Å². The minimum absolute atomic E-state index is 0.00712. The molecule has 166 valence electrons. The van der Waals surface area contributed by atoms with Crippen LogP contribution in [0.3, 0.4) is 0 Å². The van der Waals surface area contributed by atoms with Crippen molar-refractivity contribution in [2.24, 2.45) is 0 Å². The van der Waals surface area contributed by atoms with Crippen molar-refractivity contribution >= 4 is 52.8 Å². The maximum Gasteiger partial charge on any atom is 0.318 e. The van der Waals surface area contributed by atoms with Gasteiger partial charge in [0.1, 0.15) is 5.75 Å². The van der Waals surface area contributed by atoms with Crippen LogP contribution in [0.2, 0.25) is 10.0 Å². The number of anilines is 1. The molecule has 0 aliphatic rings. The van der Waals surface area contributed by atoms with Crippen molar-refractivity contribution in [2.75, 3.05) is 5.32 Å². The summed E-state index contributed by atoms with van der Waals surface area (Å²) in [5.74, 6) is -0.993. The third-order valence-electron chi connectivity index (χ3n) is 4.11. The third kappa shape index (κ3) is 6.63. The van der Waals surface area contributed by atoms with E-state index in [2.05, 4.69) is 5.32 Å². The molecule has 0 unspecified atom stereocenters. The van der Waals surface area contributed by atoms with E-state index in [-0.39, 0.29) is 22.4 Å². The Morgan fingerprint density at radius 3 is 2.41 bits per heavy atom. The van der Waals surface area contributed by atoms with Gasteiger partial charge in [-0.15, -0.1) is 0 Å². The highest BCUT2D eigenvalue weighted by atomic mass is 35.5. The zero-order valence-electron chi connectivity index (χ0n) is 16.9. The molecule has 1 amide bonds. The Balaban J connectivity index is 1.60. The monoisotopic (exact) mass is 493 g/mol. The highest BCUT2D eigenvalue weighted by Gasteiger charge is 2.12. The zero-order chi connectivity index (χ0) is 23.1. The van der Waals surface area contributed by atoms with E-state index in [1.54, 1.807) is 24.3 Å². The molecule has 9 heteroatoms. The molecular formula is C23H18Cl2FNO4S. The first-order chi connectivity index (χ1) is 15.4. The summed E-state index contributed by atoms with van der Waals surface area (Å²) in [6, 6.07) is 15.2. The Labute approximate surface area is 199 Å². The Morgan fingerprint density at radius 1 is 1.00 bits per heavy atom. The molecule has 0 bridgehead atoms. The van der Waals surface area contributed by atoms with Gasteiger partial charge in [0.15, 0.2) is 11.6 Å². The van der Waals surface area contributed by atoms with Gasteiger partial charge in [-0.1, -0.05) is 30.1 Å². The molecule has 0 aromatic heterocycles. The lowest BCUT2D eigenvalue weighted by Crippen LogP contribution is -2.12. The van der Waals surface area contributed by atoms with Gasteiger partial charge in [0.2, 0.25) is 0 Å². The first kappa shape index (κ1) is 23.9. The summed E-state index contributed by atoms with van der Waals surface area (Å²) in [6.45, 7) is 1.90. The van der Waals surface area contributed by atoms with E-state index in [4.69, 9.17) is 32.1 Å². The minimum Gasteiger partial charge on any atom is -0.454 e. The SMILES string of the molecule is CCCC(=O)OSc1ccc(Oc2ccc(NC(=O)c3ccc(Cl)c(Cl)c3)cc2F)cc1. The Kier molecular flexibility index (Phi) is 8.39. The topological polar surface area (TPSA) is 64.6 Å². The lowest BCUT2D eigenvalue weighted by atomic mass is 10.2. The molecule has 0 radical (unpaired) electrons. The molecule has 0 atom stereocenters. The van der Waals surface area contributed by atoms with Crippen LogP contribution in [-0.2, 0) is 8.98 Å². The molecule has 3 aromatic rings. The fraction of sp³-hybridized carbons (Fsp3) is 0.130. The van der Waals surface area contributed by atoms with Gasteiger partial charge in [-0.25, -0.2) is 4.39 Å². The summed E-state index contributed by atoms with van der Waals surface area (Å²) >= 11 is 12.7. The number of halogens is 3. The smallest absolute Gasteiger partial charge is 0.318 e. The number of carbonyl (C=O) groups is 2. The lowest BCUT2D eigenvalue weighted by molar-refractivity contribution is -0.133. The lowest BCUT2D eigenvalue weighted by Gasteiger charge is -2.10. The van der Waals surface area contributed by atoms with Gasteiger partial charge in [0.25, 0.3) is 5.91 Å². The number of hydrogen-bond acceptors (Lipinski definition) is 5. The second-order valence-electron chi connectivity index (χ2n) is 6.59. The van der Waals surface area contributed by atoms with Crippen molar-refractivity contribution in [3.05, 3.63) is 82.1 Å². The highest BCUT2D eigenvalue weighted by molar-refractivity contribution is 7.95. The highest BCUT2D eigenvalue weighted by Crippen LogP contribution is 2.29. The molecule has 3 aromatic carbocycles. The second kappa shape index (κ2) is 11.2. The summed E-state index contributed by atoms with van der Waals surface area (Å²) in [4.78, 5) is 24.5. The van der Waals surface area contributed by atoms with Crippen LogP contribution >= 0.6 is 35.2 Å². The molecule has 0 saturated heterocycles. The average Bonchev–Trinajstić information content (AvgIpc) is 2.77. The molecule has 0 aliphatic heterocycles. The van der Waals surface area contributed by atoms with Crippen molar-refractivity contribution in [3.8, 4) is 11.5 Å². The van der Waals surface area contributed by atoms with Gasteiger partial charge in [0, 0.05) is 28.6 Å². The first-order valence-electron chi connectivity index (χ1n) is 9.57. The molecule has 0 aliphatic carbocycles. The van der Waals surface area contributed by atoms with Crippen LogP contribution in [-0.4, -0.2) is 11.9 Å². The van der Waals surface area contributed by atoms with Crippen molar-refractivity contribution in [1.29, 1.82) is 0 Å². The van der Waals surface area contributed by atoms with Gasteiger partial charge in [-0.05, 0) is 61.0 Å². The van der Waals surface area contributed by atoms with Crippen molar-refractivity contribution in [2.45, 2.75) is 24.7 Å². The second-order valence-corrected chi connectivity index (χ2v) is 8.21. The van der Waals surface area contributed by atoms with E-state index in [9.17, 15) is 14.0 Å². The standard InChI is InChI=1S/C23H18Cl2FNO4S/c1-2-3-22(28)31-32-17-8-6-16(7-9-17)30-21-11-5-15(13-20(21)26)27-23(29)14-4-10-18(24)19(25)12-14/h4-13H,2-3H2,1H3,(H,27,29). The van der Waals surface area contributed by atoms with Crippen molar-refractivity contribution < 1.29 is 22.9 Å². The van der Waals surface area contributed by atoms with E-state index >= 15 is 0 Å². The summed E-state index contributed by atoms with van der Waals surface area (Å²) in [6.07, 6.45) is 1.08. The summed E-state index contributed by atoms with van der Waals surface area (Å²) in [5.41, 5.74) is 0.546. The van der Waals surface area contributed by atoms with Gasteiger partial charge in [-0.2, -0.15) is 0 Å². The molecular weight excluding hydrogens is 476 g/mol. The molecule has 0 spiro atoms. The predicted octanol–water partition coefficient (Wildman–Crippen LogP) is 7.53. The van der Waals surface area contributed by atoms with Crippen molar-refractivity contribution in [3.63, 3.8) is 0 Å². The molecule has 1 N–H and O–H groups in total. The minimum atomic E-state index is -0.649. The van der Waals surface area contributed by atoms with Crippen LogP contribution in [0.15, 0.2) is 65.6 Å². The number of hydrogen-bond donors (Lipinski definition) is 1. The Bertz CT molecular complexity index is 1130. The Morgan fingerprint density at radius 2 is 1.75 bits per heavy atom. The molecule has 0 fully saturated rings. The molecule has 32 heavy (non-hydrogen) atoms. The number of benzene rings is 3. The summed E-state index contributed by atoms with van der Waals surface area (Å²) in [5, 5.41) is 3.18. The Hall–Kier alpha value is -2.74. The molecule has 3 rings (SSSR count). The number of carbonyl (C=O) groups excluding carboxylic acids is 2. The summed E-state index contributed by atoms with van der Waals surface area (Å²) < 4.78 is 25.1. The first-order valence-corrected chi connectivity index (χ1v) is 11.1. The van der Waals surface area contributed by atoms with Crippen LogP contribution in [0.4, 0.5) is 10.1 Å². The van der Waals surface area contributed by atoms with Gasteiger partial charge in [0.05, 0.1) is 22.1 Å². The predicted molar refractivity (Wildman–Crippen MR) is 124 cm³/mol. The average molecular weight is 494 g/mol. The van der Waals surface area contributed by atoms with E-state index < -0.39 is 11.7 Å². The molecule has 5 nitrogen and oxygen atoms in total. The quantitative estimate of drug-likeness (QED) is 0.328. The fourth-order valence-corrected chi connectivity index (χ4v) is 3.35. The van der Waals surface area contributed by atoms with E-state index in [0.717, 1.165) is 24.5 Å². The largest absolute Gasteiger partial charge is 0.454 e. The number of nitrogens with one attached hydrogen (secondary N) is 1. The van der Waals surface area contributed by atoms with Gasteiger partial charge in [-0.3, -0.25) is 9.59 Å². The third-order valence-corrected chi connectivity index (χ3v) is 5.58. The number of ether oxygens (including phenoxy) is 1. The van der Waals surface area contributed by atoms with Crippen LogP contribution in [0.25, 0.3) is 0 Å². The van der Waals surface area contributed by atoms with E-state index in [1.165, 1.54) is 30.3 Å². The van der Waals surface area contributed by atoms with Crippen LogP contribution in [0.5, 0.6) is 11.5 Å². The summed E-state index contributed by atoms with van der Waals surface area (Å²) in [7, 11) is 0. The molecule has 0 saturated carbocycles. The van der Waals surface area contributed by atoms with Crippen LogP contribution in [0, 0.1) is 5.82 Å². The van der Waals surface area contributed by atoms with E-state index in [0.29, 0.717) is 27.7 Å². The maximum absolute atomic E-state index is 14.5. The normalized spacial score (nSPS) is 10.5.